The van der Waals surface area contributed by atoms with Gasteiger partial charge in [0.25, 0.3) is 0 Å². The minimum absolute atomic E-state index is 0.232. The predicted octanol–water partition coefficient (Wildman–Crippen LogP) is 6.77. The maximum Gasteiger partial charge on any atom is 0.309 e. The van der Waals surface area contributed by atoms with Crippen LogP contribution < -0.4 is 0 Å². The van der Waals surface area contributed by atoms with Crippen molar-refractivity contribution in [1.82, 2.24) is 0 Å². The fraction of sp³-hybridized carbons (Fsp3) is 0.917. The van der Waals surface area contributed by atoms with Gasteiger partial charge in [-0.25, -0.2) is 0 Å². The van der Waals surface area contributed by atoms with E-state index in [2.05, 4.69) is 13.8 Å². The average molecular weight is 397 g/mol. The second-order valence-electron chi connectivity index (χ2n) is 9.95. The zero-order chi connectivity index (χ0) is 21.2. The summed E-state index contributed by atoms with van der Waals surface area (Å²) in [4.78, 5) is 24.1. The van der Waals surface area contributed by atoms with Gasteiger partial charge >= 0.3 is 11.9 Å². The normalized spacial score (nSPS) is 25.4. The molecule has 164 valence electrons. The van der Waals surface area contributed by atoms with Gasteiger partial charge in [-0.2, -0.15) is 0 Å². The van der Waals surface area contributed by atoms with Gasteiger partial charge in [0.1, 0.15) is 0 Å². The number of carboxylic acid groups (broad SMARTS) is 2. The van der Waals surface area contributed by atoms with E-state index in [9.17, 15) is 19.8 Å². The minimum Gasteiger partial charge on any atom is -0.481 e. The highest BCUT2D eigenvalue weighted by Gasteiger charge is 2.52. The van der Waals surface area contributed by atoms with Gasteiger partial charge in [-0.1, -0.05) is 85.5 Å². The Kier molecular flexibility index (Phi) is 11.1. The molecule has 0 spiro atoms. The molecule has 1 rings (SSSR count). The van der Waals surface area contributed by atoms with Crippen molar-refractivity contribution in [3.63, 3.8) is 0 Å². The van der Waals surface area contributed by atoms with Gasteiger partial charge in [0, 0.05) is 0 Å². The van der Waals surface area contributed by atoms with E-state index in [1.807, 2.05) is 13.8 Å². The van der Waals surface area contributed by atoms with Gasteiger partial charge < -0.3 is 10.2 Å². The van der Waals surface area contributed by atoms with Crippen molar-refractivity contribution < 1.29 is 19.8 Å². The van der Waals surface area contributed by atoms with Crippen LogP contribution in [0.2, 0.25) is 0 Å². The second kappa shape index (κ2) is 12.5. The van der Waals surface area contributed by atoms with Crippen LogP contribution in [-0.4, -0.2) is 22.2 Å². The maximum absolute atomic E-state index is 12.3. The molecule has 3 atom stereocenters. The smallest absolute Gasteiger partial charge is 0.309 e. The van der Waals surface area contributed by atoms with Gasteiger partial charge in [-0.15, -0.1) is 0 Å². The van der Waals surface area contributed by atoms with Crippen molar-refractivity contribution in [2.75, 3.05) is 0 Å². The van der Waals surface area contributed by atoms with Gasteiger partial charge in [-0.3, -0.25) is 9.59 Å². The van der Waals surface area contributed by atoms with Crippen molar-refractivity contribution in [3.05, 3.63) is 0 Å². The first kappa shape index (κ1) is 25.0. The Morgan fingerprint density at radius 2 is 1.46 bits per heavy atom. The molecule has 0 heterocycles. The molecule has 28 heavy (non-hydrogen) atoms. The third kappa shape index (κ3) is 7.75. The van der Waals surface area contributed by atoms with Gasteiger partial charge in [0.2, 0.25) is 0 Å². The summed E-state index contributed by atoms with van der Waals surface area (Å²) in [6.45, 7) is 8.63. The summed E-state index contributed by atoms with van der Waals surface area (Å²) in [7, 11) is 0. The van der Waals surface area contributed by atoms with E-state index in [-0.39, 0.29) is 11.8 Å². The van der Waals surface area contributed by atoms with Crippen molar-refractivity contribution in [2.24, 2.45) is 29.1 Å². The van der Waals surface area contributed by atoms with E-state index in [1.165, 1.54) is 38.5 Å². The summed E-state index contributed by atoms with van der Waals surface area (Å²) in [5.41, 5.74) is -0.855. The van der Waals surface area contributed by atoms with Crippen molar-refractivity contribution in [1.29, 1.82) is 0 Å². The Bertz CT molecular complexity index is 471. The summed E-state index contributed by atoms with van der Waals surface area (Å²) in [6.07, 6.45) is 13.0. The molecule has 2 N–H and O–H groups in total. The van der Waals surface area contributed by atoms with Gasteiger partial charge in [0.15, 0.2) is 0 Å². The Hall–Kier alpha value is -1.06. The van der Waals surface area contributed by atoms with Crippen LogP contribution in [0.4, 0.5) is 0 Å². The van der Waals surface area contributed by atoms with Crippen molar-refractivity contribution in [3.8, 4) is 0 Å². The van der Waals surface area contributed by atoms with Crippen LogP contribution in [0.3, 0.4) is 0 Å². The molecule has 0 radical (unpaired) electrons. The van der Waals surface area contributed by atoms with Gasteiger partial charge in [-0.05, 0) is 43.4 Å². The molecule has 0 amide bonds. The number of carbonyl (C=O) groups is 2. The first-order chi connectivity index (χ1) is 13.2. The van der Waals surface area contributed by atoms with Crippen LogP contribution in [-0.2, 0) is 9.59 Å². The SMILES string of the molecule is CC(C)CCCCCCCCCC1C(C(=O)O)CCCC1(CC(C)C)C(=O)O. The Morgan fingerprint density at radius 3 is 1.96 bits per heavy atom. The van der Waals surface area contributed by atoms with Crippen molar-refractivity contribution in [2.45, 2.75) is 111 Å². The zero-order valence-corrected chi connectivity index (χ0v) is 18.7. The summed E-state index contributed by atoms with van der Waals surface area (Å²) < 4.78 is 0. The molecule has 0 aromatic carbocycles. The summed E-state index contributed by atoms with van der Waals surface area (Å²) >= 11 is 0. The molecular weight excluding hydrogens is 352 g/mol. The number of carboxylic acids is 2. The highest BCUT2D eigenvalue weighted by Crippen LogP contribution is 2.51. The summed E-state index contributed by atoms with van der Waals surface area (Å²) in [5, 5.41) is 19.8. The molecule has 4 heteroatoms. The molecule has 0 bridgehead atoms. The first-order valence-corrected chi connectivity index (χ1v) is 11.7. The van der Waals surface area contributed by atoms with Crippen LogP contribution in [0.1, 0.15) is 111 Å². The lowest BCUT2D eigenvalue weighted by Gasteiger charge is -2.45. The zero-order valence-electron chi connectivity index (χ0n) is 18.7. The van der Waals surface area contributed by atoms with Crippen LogP contribution in [0.25, 0.3) is 0 Å². The molecule has 1 fully saturated rings. The highest BCUT2D eigenvalue weighted by molar-refractivity contribution is 5.78. The quantitative estimate of drug-likeness (QED) is 0.318. The lowest BCUT2D eigenvalue weighted by atomic mass is 9.57. The third-order valence-corrected chi connectivity index (χ3v) is 6.65. The van der Waals surface area contributed by atoms with Crippen LogP contribution in [0, 0.1) is 29.1 Å². The molecule has 3 unspecified atom stereocenters. The molecule has 0 saturated heterocycles. The van der Waals surface area contributed by atoms with E-state index in [0.717, 1.165) is 25.2 Å². The molecule has 4 nitrogen and oxygen atoms in total. The number of rotatable bonds is 14. The molecule has 1 aliphatic rings. The molecule has 1 saturated carbocycles. The Morgan fingerprint density at radius 1 is 0.893 bits per heavy atom. The Balaban J connectivity index is 2.56. The largest absolute Gasteiger partial charge is 0.481 e. The number of unbranched alkanes of at least 4 members (excludes halogenated alkanes) is 6. The fourth-order valence-corrected chi connectivity index (χ4v) is 5.32. The van der Waals surface area contributed by atoms with E-state index >= 15 is 0 Å². The van der Waals surface area contributed by atoms with E-state index < -0.39 is 23.3 Å². The summed E-state index contributed by atoms with van der Waals surface area (Å²) in [5.74, 6) is -1.26. The number of aliphatic carboxylic acids is 2. The standard InChI is InChI=1S/C24H44O4/c1-18(2)13-10-8-6-5-7-9-11-15-21-20(22(25)26)14-12-16-24(21,23(27)28)17-19(3)4/h18-21H,5-17H2,1-4H3,(H,25,26)(H,27,28). The maximum atomic E-state index is 12.3. The lowest BCUT2D eigenvalue weighted by Crippen LogP contribution is -2.48. The molecule has 1 aliphatic carbocycles. The van der Waals surface area contributed by atoms with Crippen LogP contribution in [0.15, 0.2) is 0 Å². The Labute approximate surface area is 172 Å². The van der Waals surface area contributed by atoms with E-state index in [0.29, 0.717) is 25.7 Å². The second-order valence-corrected chi connectivity index (χ2v) is 9.95. The minimum atomic E-state index is -0.855. The molecular formula is C24H44O4. The predicted molar refractivity (Wildman–Crippen MR) is 114 cm³/mol. The number of hydrogen-bond acceptors (Lipinski definition) is 2. The monoisotopic (exact) mass is 396 g/mol. The third-order valence-electron chi connectivity index (χ3n) is 6.65. The van der Waals surface area contributed by atoms with E-state index in [1.54, 1.807) is 0 Å². The molecule has 0 aliphatic heterocycles. The first-order valence-electron chi connectivity index (χ1n) is 11.7. The van der Waals surface area contributed by atoms with E-state index in [4.69, 9.17) is 0 Å². The summed E-state index contributed by atoms with van der Waals surface area (Å²) in [6, 6.07) is 0. The average Bonchev–Trinajstić information content (AvgIpc) is 2.59. The molecule has 0 aromatic heterocycles. The van der Waals surface area contributed by atoms with Crippen LogP contribution >= 0.6 is 0 Å². The topological polar surface area (TPSA) is 74.6 Å². The highest BCUT2D eigenvalue weighted by atomic mass is 16.4. The van der Waals surface area contributed by atoms with Crippen molar-refractivity contribution >= 4 is 11.9 Å². The lowest BCUT2D eigenvalue weighted by molar-refractivity contribution is -0.165. The van der Waals surface area contributed by atoms with Gasteiger partial charge in [0.05, 0.1) is 11.3 Å². The fourth-order valence-electron chi connectivity index (χ4n) is 5.32. The molecule has 0 aromatic rings. The van der Waals surface area contributed by atoms with Crippen LogP contribution in [0.5, 0.6) is 0 Å². The number of hydrogen-bond donors (Lipinski definition) is 2.